The number of benzene rings is 3. The number of hydrogen-bond acceptors (Lipinski definition) is 1. The molecule has 0 spiro atoms. The maximum absolute atomic E-state index is 13.5. The van der Waals surface area contributed by atoms with Crippen molar-refractivity contribution in [2.75, 3.05) is 5.32 Å². The Morgan fingerprint density at radius 3 is 2.37 bits per heavy atom. The zero-order valence-electron chi connectivity index (χ0n) is 15.1. The van der Waals surface area contributed by atoms with Crippen LogP contribution in [-0.4, -0.2) is 5.91 Å². The van der Waals surface area contributed by atoms with Crippen LogP contribution < -0.4 is 5.32 Å². The summed E-state index contributed by atoms with van der Waals surface area (Å²) in [5.74, 6) is -0.449. The minimum atomic E-state index is -0.662. The second-order valence-corrected chi connectivity index (χ2v) is 7.75. The Labute approximate surface area is 163 Å². The minimum absolute atomic E-state index is 0.00707. The summed E-state index contributed by atoms with van der Waals surface area (Å²) < 4.78 is 13.5. The molecule has 0 aromatic heterocycles. The molecule has 1 aliphatic heterocycles. The summed E-state index contributed by atoms with van der Waals surface area (Å²) in [6.07, 6.45) is 0.611. The summed E-state index contributed by atoms with van der Waals surface area (Å²) in [4.78, 5) is 12.8. The molecule has 0 aliphatic carbocycles. The van der Waals surface area contributed by atoms with Gasteiger partial charge in [0.05, 0.1) is 10.4 Å². The van der Waals surface area contributed by atoms with Crippen LogP contribution in [0.1, 0.15) is 23.6 Å². The van der Waals surface area contributed by atoms with Crippen molar-refractivity contribution in [3.8, 4) is 11.1 Å². The van der Waals surface area contributed by atoms with E-state index < -0.39 is 11.2 Å². The Balaban J connectivity index is 1.76. The highest BCUT2D eigenvalue weighted by Crippen LogP contribution is 2.42. The minimum Gasteiger partial charge on any atom is -0.325 e. The smallest absolute Gasteiger partial charge is 0.235 e. The van der Waals surface area contributed by atoms with Crippen LogP contribution in [0, 0.1) is 12.7 Å². The molecular weight excluding hydrogens is 361 g/mol. The second-order valence-electron chi connectivity index (χ2n) is 7.34. The zero-order chi connectivity index (χ0) is 19.2. The van der Waals surface area contributed by atoms with Gasteiger partial charge in [-0.25, -0.2) is 4.39 Å². The van der Waals surface area contributed by atoms with Gasteiger partial charge in [-0.05, 0) is 66.8 Å². The molecule has 4 rings (SSSR count). The summed E-state index contributed by atoms with van der Waals surface area (Å²) >= 11 is 5.94. The van der Waals surface area contributed by atoms with Crippen LogP contribution in [0.4, 0.5) is 10.1 Å². The lowest BCUT2D eigenvalue weighted by Gasteiger charge is -2.23. The van der Waals surface area contributed by atoms with Gasteiger partial charge in [-0.2, -0.15) is 0 Å². The molecule has 1 amide bonds. The molecule has 1 atom stereocenters. The number of aryl methyl sites for hydroxylation is 1. The molecule has 2 nitrogen and oxygen atoms in total. The van der Waals surface area contributed by atoms with Crippen molar-refractivity contribution in [3.05, 3.63) is 88.2 Å². The van der Waals surface area contributed by atoms with Gasteiger partial charge < -0.3 is 5.32 Å². The van der Waals surface area contributed by atoms with Gasteiger partial charge in [0.15, 0.2) is 0 Å². The molecule has 1 aliphatic rings. The van der Waals surface area contributed by atoms with Gasteiger partial charge >= 0.3 is 0 Å². The van der Waals surface area contributed by atoms with Crippen molar-refractivity contribution in [3.63, 3.8) is 0 Å². The summed E-state index contributed by atoms with van der Waals surface area (Å²) in [6.45, 7) is 4.01. The van der Waals surface area contributed by atoms with E-state index in [4.69, 9.17) is 11.6 Å². The lowest BCUT2D eigenvalue weighted by atomic mass is 9.77. The highest BCUT2D eigenvalue weighted by Gasteiger charge is 2.42. The largest absolute Gasteiger partial charge is 0.325 e. The maximum atomic E-state index is 13.5. The number of hydrogen-bond donors (Lipinski definition) is 1. The van der Waals surface area contributed by atoms with Crippen molar-refractivity contribution in [1.29, 1.82) is 0 Å². The van der Waals surface area contributed by atoms with Crippen molar-refractivity contribution in [1.82, 2.24) is 0 Å². The highest BCUT2D eigenvalue weighted by molar-refractivity contribution is 6.31. The van der Waals surface area contributed by atoms with Gasteiger partial charge in [0, 0.05) is 5.69 Å². The predicted molar refractivity (Wildman–Crippen MR) is 108 cm³/mol. The molecular formula is C23H19ClFNO. The number of amides is 1. The van der Waals surface area contributed by atoms with E-state index in [2.05, 4.69) is 29.6 Å². The number of rotatable bonds is 3. The summed E-state index contributed by atoms with van der Waals surface area (Å²) in [7, 11) is 0. The van der Waals surface area contributed by atoms with Crippen molar-refractivity contribution in [2.45, 2.75) is 25.7 Å². The van der Waals surface area contributed by atoms with Crippen LogP contribution in [0.3, 0.4) is 0 Å². The number of fused-ring (bicyclic) bond motifs is 1. The Morgan fingerprint density at radius 1 is 1.00 bits per heavy atom. The fourth-order valence-electron chi connectivity index (χ4n) is 3.64. The number of nitrogens with one attached hydrogen (secondary N) is 1. The van der Waals surface area contributed by atoms with Gasteiger partial charge in [0.1, 0.15) is 5.82 Å². The average Bonchev–Trinajstić information content (AvgIpc) is 2.89. The standard InChI is InChI=1S/C23H19ClFNO/c1-14-3-5-15(6-4-14)13-23(2)18-11-16(8-10-21(18)26-22(23)27)17-7-9-20(25)19(24)12-17/h3-12H,13H2,1-2H3,(H,26,27). The number of halogens is 2. The fraction of sp³-hybridized carbons (Fsp3) is 0.174. The van der Waals surface area contributed by atoms with Crippen LogP contribution in [0.5, 0.6) is 0 Å². The first-order valence-electron chi connectivity index (χ1n) is 8.84. The topological polar surface area (TPSA) is 29.1 Å². The third kappa shape index (κ3) is 3.13. The van der Waals surface area contributed by atoms with E-state index in [1.54, 1.807) is 12.1 Å². The van der Waals surface area contributed by atoms with E-state index >= 15 is 0 Å². The molecule has 3 aromatic rings. The predicted octanol–water partition coefficient (Wildman–Crippen LogP) is 5.91. The van der Waals surface area contributed by atoms with E-state index in [1.165, 1.54) is 11.6 Å². The fourth-order valence-corrected chi connectivity index (χ4v) is 3.82. The first kappa shape index (κ1) is 17.7. The number of carbonyl (C=O) groups excluding carboxylic acids is 1. The number of carbonyl (C=O) groups is 1. The van der Waals surface area contributed by atoms with E-state index in [-0.39, 0.29) is 10.9 Å². The van der Waals surface area contributed by atoms with E-state index in [0.29, 0.717) is 6.42 Å². The van der Waals surface area contributed by atoms with Crippen LogP contribution >= 0.6 is 11.6 Å². The first-order chi connectivity index (χ1) is 12.9. The van der Waals surface area contributed by atoms with Crippen LogP contribution in [0.2, 0.25) is 5.02 Å². The van der Waals surface area contributed by atoms with Gasteiger partial charge in [-0.1, -0.05) is 53.6 Å². The lowest BCUT2D eigenvalue weighted by Crippen LogP contribution is -2.33. The first-order valence-corrected chi connectivity index (χ1v) is 9.21. The van der Waals surface area contributed by atoms with Crippen molar-refractivity contribution < 1.29 is 9.18 Å². The third-order valence-corrected chi connectivity index (χ3v) is 5.58. The van der Waals surface area contributed by atoms with Crippen molar-refractivity contribution in [2.24, 2.45) is 0 Å². The molecule has 0 saturated carbocycles. The van der Waals surface area contributed by atoms with Crippen LogP contribution in [-0.2, 0) is 16.6 Å². The van der Waals surface area contributed by atoms with E-state index in [0.717, 1.165) is 27.9 Å². The van der Waals surface area contributed by atoms with Gasteiger partial charge in [0.2, 0.25) is 5.91 Å². The Hall–Kier alpha value is -2.65. The van der Waals surface area contributed by atoms with Crippen LogP contribution in [0.25, 0.3) is 11.1 Å². The molecule has 3 aromatic carbocycles. The van der Waals surface area contributed by atoms with Gasteiger partial charge in [0.25, 0.3) is 0 Å². The molecule has 27 heavy (non-hydrogen) atoms. The lowest BCUT2D eigenvalue weighted by molar-refractivity contribution is -0.120. The second kappa shape index (κ2) is 6.50. The van der Waals surface area contributed by atoms with E-state index in [9.17, 15) is 9.18 Å². The maximum Gasteiger partial charge on any atom is 0.235 e. The molecule has 136 valence electrons. The van der Waals surface area contributed by atoms with E-state index in [1.807, 2.05) is 32.0 Å². The number of anilines is 1. The molecule has 0 saturated heterocycles. The Kier molecular flexibility index (Phi) is 4.27. The third-order valence-electron chi connectivity index (χ3n) is 5.29. The molecule has 0 bridgehead atoms. The van der Waals surface area contributed by atoms with Crippen LogP contribution in [0.15, 0.2) is 60.7 Å². The normalized spacial score (nSPS) is 18.3. The summed E-state index contributed by atoms with van der Waals surface area (Å²) in [5.41, 5.74) is 5.14. The quantitative estimate of drug-likeness (QED) is 0.602. The Morgan fingerprint density at radius 2 is 1.67 bits per heavy atom. The average molecular weight is 380 g/mol. The molecule has 4 heteroatoms. The summed E-state index contributed by atoms with van der Waals surface area (Å²) in [6, 6.07) is 18.7. The van der Waals surface area contributed by atoms with Gasteiger partial charge in [-0.3, -0.25) is 4.79 Å². The molecule has 1 unspecified atom stereocenters. The van der Waals surface area contributed by atoms with Crippen molar-refractivity contribution >= 4 is 23.2 Å². The molecule has 1 N–H and O–H groups in total. The zero-order valence-corrected chi connectivity index (χ0v) is 15.9. The highest BCUT2D eigenvalue weighted by atomic mass is 35.5. The SMILES string of the molecule is Cc1ccc(CC2(C)C(=O)Nc3ccc(-c4ccc(F)c(Cl)c4)cc32)cc1. The van der Waals surface area contributed by atoms with Gasteiger partial charge in [-0.15, -0.1) is 0 Å². The Bertz CT molecular complexity index is 1040. The summed E-state index contributed by atoms with van der Waals surface area (Å²) in [5, 5.41) is 3.08. The monoisotopic (exact) mass is 379 g/mol. The molecule has 0 fully saturated rings. The molecule has 1 heterocycles. The molecule has 0 radical (unpaired) electrons.